The van der Waals surface area contributed by atoms with Crippen LogP contribution in [0.25, 0.3) is 0 Å². The van der Waals surface area contributed by atoms with E-state index in [1.54, 1.807) is 0 Å². The predicted octanol–water partition coefficient (Wildman–Crippen LogP) is 4.71. The van der Waals surface area contributed by atoms with Crippen LogP contribution in [0.15, 0.2) is 24.3 Å². The van der Waals surface area contributed by atoms with E-state index in [9.17, 15) is 0 Å². The maximum absolute atomic E-state index is 6.15. The van der Waals surface area contributed by atoms with E-state index in [0.717, 1.165) is 10.6 Å². The summed E-state index contributed by atoms with van der Waals surface area (Å²) in [6, 6.07) is 7.93. The van der Waals surface area contributed by atoms with Crippen molar-refractivity contribution in [2.24, 2.45) is 5.41 Å². The number of halogens is 2. The van der Waals surface area contributed by atoms with E-state index in [1.165, 1.54) is 0 Å². The minimum atomic E-state index is 0.146. The molecule has 0 aliphatic carbocycles. The molecule has 1 rings (SSSR count). The maximum Gasteiger partial charge on any atom is 0.0441 e. The Morgan fingerprint density at radius 2 is 1.79 bits per heavy atom. The summed E-state index contributed by atoms with van der Waals surface area (Å²) in [5, 5.41) is 0.813. The van der Waals surface area contributed by atoms with Gasteiger partial charge in [0.2, 0.25) is 0 Å². The van der Waals surface area contributed by atoms with Crippen molar-refractivity contribution in [1.29, 1.82) is 0 Å². The molecular weight excluding hydrogens is 215 g/mol. The molecule has 0 amide bonds. The third kappa shape index (κ3) is 2.65. The average molecular weight is 231 g/mol. The second-order valence-corrected chi connectivity index (χ2v) is 5.31. The van der Waals surface area contributed by atoms with E-state index in [0.29, 0.717) is 11.8 Å². The first-order chi connectivity index (χ1) is 6.46. The van der Waals surface area contributed by atoms with E-state index >= 15 is 0 Å². The van der Waals surface area contributed by atoms with Gasteiger partial charge in [-0.3, -0.25) is 0 Å². The fourth-order valence-corrected chi connectivity index (χ4v) is 2.44. The van der Waals surface area contributed by atoms with Gasteiger partial charge in [0.25, 0.3) is 0 Å². The Bertz CT molecular complexity index is 299. The smallest absolute Gasteiger partial charge is 0.0441 e. The second kappa shape index (κ2) is 4.55. The maximum atomic E-state index is 6.15. The molecule has 0 aliphatic rings. The highest BCUT2D eigenvalue weighted by atomic mass is 35.5. The number of benzene rings is 1. The lowest BCUT2D eigenvalue weighted by molar-refractivity contribution is 0.343. The molecule has 0 aliphatic heterocycles. The van der Waals surface area contributed by atoms with E-state index in [-0.39, 0.29) is 5.41 Å². The lowest BCUT2D eigenvalue weighted by atomic mass is 9.78. The van der Waals surface area contributed by atoms with Crippen LogP contribution in [0.5, 0.6) is 0 Å². The third-order valence-electron chi connectivity index (χ3n) is 2.48. The number of alkyl halides is 1. The summed E-state index contributed by atoms with van der Waals surface area (Å²) in [5.41, 5.74) is 1.30. The number of hydrogen-bond donors (Lipinski definition) is 0. The summed E-state index contributed by atoms with van der Waals surface area (Å²) in [6.45, 7) is 6.55. The van der Waals surface area contributed by atoms with Crippen molar-refractivity contribution in [1.82, 2.24) is 0 Å². The van der Waals surface area contributed by atoms with Crippen molar-refractivity contribution < 1.29 is 0 Å². The van der Waals surface area contributed by atoms with E-state index in [4.69, 9.17) is 23.2 Å². The Labute approximate surface area is 96.2 Å². The van der Waals surface area contributed by atoms with Gasteiger partial charge >= 0.3 is 0 Å². The summed E-state index contributed by atoms with van der Waals surface area (Å²) < 4.78 is 0. The Morgan fingerprint density at radius 1 is 1.21 bits per heavy atom. The molecule has 1 unspecified atom stereocenters. The molecule has 0 spiro atoms. The van der Waals surface area contributed by atoms with E-state index in [1.807, 2.05) is 18.2 Å². The van der Waals surface area contributed by atoms with E-state index < -0.39 is 0 Å². The Balaban J connectivity index is 3.08. The fourth-order valence-electron chi connectivity index (χ4n) is 1.54. The fraction of sp³-hybridized carbons (Fsp3) is 0.500. The Hall–Kier alpha value is -0.200. The molecule has 0 nitrogen and oxygen atoms in total. The average Bonchev–Trinajstić information content (AvgIpc) is 2.07. The summed E-state index contributed by atoms with van der Waals surface area (Å²) in [6.07, 6.45) is 0. The van der Waals surface area contributed by atoms with Crippen LogP contribution in [0.4, 0.5) is 0 Å². The monoisotopic (exact) mass is 230 g/mol. The van der Waals surface area contributed by atoms with Crippen molar-refractivity contribution in [3.8, 4) is 0 Å². The standard InChI is InChI=1S/C12H16Cl2/c1-12(2,3)10(8-13)9-6-4-5-7-11(9)14/h4-7,10H,8H2,1-3H3. The van der Waals surface area contributed by atoms with Gasteiger partial charge in [0.05, 0.1) is 0 Å². The van der Waals surface area contributed by atoms with Crippen molar-refractivity contribution >= 4 is 23.2 Å². The Morgan fingerprint density at radius 3 is 2.21 bits per heavy atom. The van der Waals surface area contributed by atoms with Crippen LogP contribution in [0, 0.1) is 5.41 Å². The van der Waals surface area contributed by atoms with Crippen molar-refractivity contribution in [2.45, 2.75) is 26.7 Å². The highest BCUT2D eigenvalue weighted by Gasteiger charge is 2.26. The molecule has 0 bridgehead atoms. The van der Waals surface area contributed by atoms with Crippen LogP contribution < -0.4 is 0 Å². The first-order valence-corrected chi connectivity index (χ1v) is 5.68. The molecule has 0 fully saturated rings. The Kier molecular flexibility index (Phi) is 3.86. The van der Waals surface area contributed by atoms with Gasteiger partial charge in [0.15, 0.2) is 0 Å². The van der Waals surface area contributed by atoms with Crippen LogP contribution in [-0.2, 0) is 0 Å². The van der Waals surface area contributed by atoms with Gasteiger partial charge in [-0.25, -0.2) is 0 Å². The van der Waals surface area contributed by atoms with Crippen LogP contribution in [0.1, 0.15) is 32.3 Å². The molecule has 1 aromatic carbocycles. The van der Waals surface area contributed by atoms with Crippen LogP contribution in [-0.4, -0.2) is 5.88 Å². The van der Waals surface area contributed by atoms with Crippen LogP contribution in [0.2, 0.25) is 5.02 Å². The molecule has 0 saturated carbocycles. The molecule has 0 heterocycles. The second-order valence-electron chi connectivity index (χ2n) is 4.59. The van der Waals surface area contributed by atoms with Crippen molar-refractivity contribution in [3.05, 3.63) is 34.9 Å². The summed E-state index contributed by atoms with van der Waals surface area (Å²) in [7, 11) is 0. The van der Waals surface area contributed by atoms with E-state index in [2.05, 4.69) is 26.8 Å². The summed E-state index contributed by atoms with van der Waals surface area (Å²) >= 11 is 12.1. The number of rotatable bonds is 2. The minimum absolute atomic E-state index is 0.146. The molecule has 0 aromatic heterocycles. The quantitative estimate of drug-likeness (QED) is 0.646. The SMILES string of the molecule is CC(C)(C)C(CCl)c1ccccc1Cl. The van der Waals surface area contributed by atoms with Gasteiger partial charge < -0.3 is 0 Å². The first kappa shape index (κ1) is 11.9. The largest absolute Gasteiger partial charge is 0.126 e. The van der Waals surface area contributed by atoms with Gasteiger partial charge in [0, 0.05) is 16.8 Å². The van der Waals surface area contributed by atoms with Crippen molar-refractivity contribution in [2.75, 3.05) is 5.88 Å². The van der Waals surface area contributed by atoms with Gasteiger partial charge in [-0.15, -0.1) is 11.6 Å². The lowest BCUT2D eigenvalue weighted by Crippen LogP contribution is -2.20. The zero-order valence-electron chi connectivity index (χ0n) is 8.85. The molecule has 2 heteroatoms. The molecule has 1 atom stereocenters. The van der Waals surface area contributed by atoms with Gasteiger partial charge in [-0.2, -0.15) is 0 Å². The van der Waals surface area contributed by atoms with Crippen LogP contribution >= 0.6 is 23.2 Å². The molecule has 0 N–H and O–H groups in total. The summed E-state index contributed by atoms with van der Waals surface area (Å²) in [5.74, 6) is 0.908. The first-order valence-electron chi connectivity index (χ1n) is 4.77. The zero-order valence-corrected chi connectivity index (χ0v) is 10.4. The number of hydrogen-bond acceptors (Lipinski definition) is 0. The highest BCUT2D eigenvalue weighted by molar-refractivity contribution is 6.31. The molecule has 1 aromatic rings. The summed E-state index contributed by atoms with van der Waals surface area (Å²) in [4.78, 5) is 0. The van der Waals surface area contributed by atoms with Crippen LogP contribution in [0.3, 0.4) is 0 Å². The van der Waals surface area contributed by atoms with Crippen molar-refractivity contribution in [3.63, 3.8) is 0 Å². The predicted molar refractivity (Wildman–Crippen MR) is 64.4 cm³/mol. The highest BCUT2D eigenvalue weighted by Crippen LogP contribution is 2.38. The molecule has 78 valence electrons. The van der Waals surface area contributed by atoms with Gasteiger partial charge in [-0.1, -0.05) is 50.6 Å². The normalized spacial score (nSPS) is 14.1. The molecular formula is C12H16Cl2. The third-order valence-corrected chi connectivity index (χ3v) is 3.13. The topological polar surface area (TPSA) is 0 Å². The molecule has 0 saturated heterocycles. The van der Waals surface area contributed by atoms with Gasteiger partial charge in [0.1, 0.15) is 0 Å². The molecule has 14 heavy (non-hydrogen) atoms. The zero-order chi connectivity index (χ0) is 10.8. The molecule has 0 radical (unpaired) electrons. The van der Waals surface area contributed by atoms with Gasteiger partial charge in [-0.05, 0) is 17.0 Å². The minimum Gasteiger partial charge on any atom is -0.126 e. The lowest BCUT2D eigenvalue weighted by Gasteiger charge is -2.30.